The van der Waals surface area contributed by atoms with Crippen molar-refractivity contribution in [3.8, 4) is 11.8 Å². The van der Waals surface area contributed by atoms with Crippen LogP contribution < -0.4 is 15.8 Å². The zero-order valence-corrected chi connectivity index (χ0v) is 13.0. The van der Waals surface area contributed by atoms with Crippen LogP contribution in [0.5, 0.6) is 5.75 Å². The Labute approximate surface area is 135 Å². The van der Waals surface area contributed by atoms with E-state index in [2.05, 4.69) is 11.4 Å². The second-order valence-corrected chi connectivity index (χ2v) is 5.13. The van der Waals surface area contributed by atoms with Gasteiger partial charge >= 0.3 is 0 Å². The van der Waals surface area contributed by atoms with Crippen LogP contribution in [0.25, 0.3) is 0 Å². The van der Waals surface area contributed by atoms with Crippen LogP contribution in [0.3, 0.4) is 0 Å². The van der Waals surface area contributed by atoms with Crippen LogP contribution in [0.2, 0.25) is 0 Å². The van der Waals surface area contributed by atoms with Gasteiger partial charge in [0.2, 0.25) is 5.91 Å². The monoisotopic (exact) mass is 309 g/mol. The molecular formula is C18H19N3O2. The van der Waals surface area contributed by atoms with E-state index in [0.29, 0.717) is 24.3 Å². The molecule has 0 aliphatic rings. The topological polar surface area (TPSA) is 88.1 Å². The van der Waals surface area contributed by atoms with Crippen LogP contribution in [0.1, 0.15) is 24.5 Å². The highest BCUT2D eigenvalue weighted by Crippen LogP contribution is 2.18. The number of nitrogens with one attached hydrogen (secondary N) is 1. The van der Waals surface area contributed by atoms with Gasteiger partial charge in [-0.3, -0.25) is 4.79 Å². The van der Waals surface area contributed by atoms with Crippen LogP contribution in [-0.2, 0) is 11.4 Å². The molecule has 0 aliphatic heterocycles. The molecule has 0 heterocycles. The van der Waals surface area contributed by atoms with E-state index in [4.69, 9.17) is 15.7 Å². The molecule has 0 unspecified atom stereocenters. The number of carbonyl (C=O) groups is 1. The first-order chi connectivity index (χ1) is 11.1. The molecule has 0 saturated carbocycles. The Morgan fingerprint density at radius 2 is 2.04 bits per heavy atom. The molecule has 1 amide bonds. The summed E-state index contributed by atoms with van der Waals surface area (Å²) in [7, 11) is 0. The minimum atomic E-state index is -0.379. The summed E-state index contributed by atoms with van der Waals surface area (Å²) in [6, 6.07) is 16.4. The van der Waals surface area contributed by atoms with Crippen LogP contribution >= 0.6 is 0 Å². The molecule has 0 radical (unpaired) electrons. The molecule has 2 aromatic carbocycles. The van der Waals surface area contributed by atoms with Crippen molar-refractivity contribution >= 4 is 11.6 Å². The van der Waals surface area contributed by atoms with Crippen molar-refractivity contribution in [2.75, 3.05) is 5.32 Å². The van der Waals surface area contributed by atoms with E-state index in [1.165, 1.54) is 0 Å². The van der Waals surface area contributed by atoms with Crippen molar-refractivity contribution in [2.45, 2.75) is 26.0 Å². The Balaban J connectivity index is 1.94. The van der Waals surface area contributed by atoms with Gasteiger partial charge in [0.05, 0.1) is 11.6 Å². The molecule has 1 atom stereocenters. The van der Waals surface area contributed by atoms with Crippen molar-refractivity contribution in [1.82, 2.24) is 0 Å². The van der Waals surface area contributed by atoms with Gasteiger partial charge in [0.15, 0.2) is 0 Å². The summed E-state index contributed by atoms with van der Waals surface area (Å²) in [5.74, 6) is 0.343. The van der Waals surface area contributed by atoms with Gasteiger partial charge < -0.3 is 15.8 Å². The number of anilines is 1. The first-order valence-electron chi connectivity index (χ1n) is 7.40. The van der Waals surface area contributed by atoms with E-state index < -0.39 is 0 Å². The van der Waals surface area contributed by atoms with E-state index in [1.54, 1.807) is 12.1 Å². The fourth-order valence-electron chi connectivity index (χ4n) is 2.12. The summed E-state index contributed by atoms with van der Waals surface area (Å²) in [4.78, 5) is 11.2. The lowest BCUT2D eigenvalue weighted by atomic mass is 10.1. The number of nitriles is 1. The largest absolute Gasteiger partial charge is 0.489 e. The molecule has 2 aromatic rings. The molecule has 5 nitrogen and oxygen atoms in total. The van der Waals surface area contributed by atoms with Gasteiger partial charge in [-0.05, 0) is 48.4 Å². The number of nitrogens with two attached hydrogens (primary N) is 1. The summed E-state index contributed by atoms with van der Waals surface area (Å²) >= 11 is 0. The molecule has 2 rings (SSSR count). The summed E-state index contributed by atoms with van der Waals surface area (Å²) in [6.07, 6.45) is 0.628. The Morgan fingerprint density at radius 3 is 2.65 bits per heavy atom. The lowest BCUT2D eigenvalue weighted by molar-refractivity contribution is -0.118. The SMILES string of the molecule is CC[C@H](Nc1ccc(OCc2cccc(C#N)c2)cc1)C(N)=O. The maximum absolute atomic E-state index is 11.2. The van der Waals surface area contributed by atoms with Crippen LogP contribution in [0.4, 0.5) is 5.69 Å². The molecule has 0 bridgehead atoms. The minimum Gasteiger partial charge on any atom is -0.489 e. The first-order valence-corrected chi connectivity index (χ1v) is 7.40. The number of benzene rings is 2. The van der Waals surface area contributed by atoms with Gasteiger partial charge in [-0.1, -0.05) is 19.1 Å². The summed E-state index contributed by atoms with van der Waals surface area (Å²) in [6.45, 7) is 2.29. The third-order valence-corrected chi connectivity index (χ3v) is 3.41. The fraction of sp³-hybridized carbons (Fsp3) is 0.222. The number of primary amides is 1. The first kappa shape index (κ1) is 16.4. The predicted octanol–water partition coefficient (Wildman–Crippen LogP) is 2.81. The van der Waals surface area contributed by atoms with Crippen molar-refractivity contribution in [1.29, 1.82) is 5.26 Å². The van der Waals surface area contributed by atoms with E-state index in [0.717, 1.165) is 11.3 Å². The molecule has 0 fully saturated rings. The Morgan fingerprint density at radius 1 is 1.30 bits per heavy atom. The lowest BCUT2D eigenvalue weighted by Crippen LogP contribution is -2.34. The predicted molar refractivity (Wildman–Crippen MR) is 88.8 cm³/mol. The standard InChI is InChI=1S/C18H19N3O2/c1-2-17(18(20)22)21-15-6-8-16(9-7-15)23-12-14-5-3-4-13(10-14)11-19/h3-10,17,21H,2,12H2,1H3,(H2,20,22)/t17-/m0/s1. The van der Waals surface area contributed by atoms with Gasteiger partial charge in [0.25, 0.3) is 0 Å². The number of carbonyl (C=O) groups excluding carboxylic acids is 1. The maximum atomic E-state index is 11.2. The molecule has 23 heavy (non-hydrogen) atoms. The minimum absolute atomic E-state index is 0.370. The van der Waals surface area contributed by atoms with E-state index in [1.807, 2.05) is 43.3 Å². The van der Waals surface area contributed by atoms with Gasteiger partial charge in [0.1, 0.15) is 18.4 Å². The van der Waals surface area contributed by atoms with E-state index in [-0.39, 0.29) is 11.9 Å². The number of ether oxygens (including phenoxy) is 1. The number of amides is 1. The van der Waals surface area contributed by atoms with Crippen LogP contribution in [0, 0.1) is 11.3 Å². The highest BCUT2D eigenvalue weighted by molar-refractivity contribution is 5.82. The summed E-state index contributed by atoms with van der Waals surface area (Å²) < 4.78 is 5.70. The maximum Gasteiger partial charge on any atom is 0.239 e. The van der Waals surface area contributed by atoms with Gasteiger partial charge in [0, 0.05) is 5.69 Å². The van der Waals surface area contributed by atoms with E-state index >= 15 is 0 Å². The molecule has 0 aliphatic carbocycles. The van der Waals surface area contributed by atoms with Gasteiger partial charge in [-0.25, -0.2) is 0 Å². The zero-order chi connectivity index (χ0) is 16.7. The Hall–Kier alpha value is -3.00. The third kappa shape index (κ3) is 4.75. The highest BCUT2D eigenvalue weighted by Gasteiger charge is 2.11. The van der Waals surface area contributed by atoms with Gasteiger partial charge in [-0.2, -0.15) is 5.26 Å². The van der Waals surface area contributed by atoms with Crippen LogP contribution in [0.15, 0.2) is 48.5 Å². The molecule has 0 saturated heterocycles. The fourth-order valence-corrected chi connectivity index (χ4v) is 2.12. The van der Waals surface area contributed by atoms with Gasteiger partial charge in [-0.15, -0.1) is 0 Å². The summed E-state index contributed by atoms with van der Waals surface area (Å²) in [5, 5.41) is 12.0. The molecule has 3 N–H and O–H groups in total. The number of hydrogen-bond donors (Lipinski definition) is 2. The second kappa shape index (κ2) is 7.85. The smallest absolute Gasteiger partial charge is 0.239 e. The lowest BCUT2D eigenvalue weighted by Gasteiger charge is -2.15. The van der Waals surface area contributed by atoms with Crippen molar-refractivity contribution < 1.29 is 9.53 Å². The molecule has 118 valence electrons. The average molecular weight is 309 g/mol. The number of nitrogens with zero attached hydrogens (tertiary/aromatic N) is 1. The average Bonchev–Trinajstić information content (AvgIpc) is 2.58. The second-order valence-electron chi connectivity index (χ2n) is 5.13. The molecule has 0 spiro atoms. The quantitative estimate of drug-likeness (QED) is 0.823. The molecule has 5 heteroatoms. The van der Waals surface area contributed by atoms with Crippen molar-refractivity contribution in [3.05, 3.63) is 59.7 Å². The third-order valence-electron chi connectivity index (χ3n) is 3.41. The summed E-state index contributed by atoms with van der Waals surface area (Å²) in [5.41, 5.74) is 7.68. The highest BCUT2D eigenvalue weighted by atomic mass is 16.5. The molecular weight excluding hydrogens is 290 g/mol. The van der Waals surface area contributed by atoms with Crippen molar-refractivity contribution in [3.63, 3.8) is 0 Å². The van der Waals surface area contributed by atoms with E-state index in [9.17, 15) is 4.79 Å². The molecule has 0 aromatic heterocycles. The number of hydrogen-bond acceptors (Lipinski definition) is 4. The normalized spacial score (nSPS) is 11.3. The zero-order valence-electron chi connectivity index (χ0n) is 13.0. The van der Waals surface area contributed by atoms with Crippen LogP contribution in [-0.4, -0.2) is 11.9 Å². The number of rotatable bonds is 7. The Bertz CT molecular complexity index is 705. The van der Waals surface area contributed by atoms with Crippen molar-refractivity contribution in [2.24, 2.45) is 5.73 Å². The Kier molecular flexibility index (Phi) is 5.59.